The van der Waals surface area contributed by atoms with Crippen LogP contribution in [-0.4, -0.2) is 24.3 Å². The van der Waals surface area contributed by atoms with Gasteiger partial charge in [-0.2, -0.15) is 0 Å². The summed E-state index contributed by atoms with van der Waals surface area (Å²) in [5.41, 5.74) is 3.01. The van der Waals surface area contributed by atoms with Crippen LogP contribution >= 0.6 is 0 Å². The van der Waals surface area contributed by atoms with Crippen LogP contribution in [0.4, 0.5) is 5.69 Å². The molecule has 0 saturated carbocycles. The fourth-order valence-electron chi connectivity index (χ4n) is 2.20. The molecule has 0 spiro atoms. The Morgan fingerprint density at radius 1 is 1.08 bits per heavy atom. The molecular formula is C21H21NO4. The van der Waals surface area contributed by atoms with Crippen molar-refractivity contribution in [3.63, 3.8) is 0 Å². The number of aryl methyl sites for hydroxylation is 1. The lowest BCUT2D eigenvalue weighted by Crippen LogP contribution is -2.13. The number of carbonyl (C=O) groups is 3. The minimum Gasteiger partial charge on any atom is -0.454 e. The molecule has 0 aliphatic heterocycles. The van der Waals surface area contributed by atoms with Gasteiger partial charge >= 0.3 is 5.97 Å². The summed E-state index contributed by atoms with van der Waals surface area (Å²) in [7, 11) is 0. The van der Waals surface area contributed by atoms with Crippen molar-refractivity contribution < 1.29 is 19.1 Å². The van der Waals surface area contributed by atoms with Crippen molar-refractivity contribution in [1.29, 1.82) is 0 Å². The number of nitrogens with one attached hydrogen (secondary N) is 1. The maximum absolute atomic E-state index is 12.1. The standard InChI is InChI=1S/C21H21NO4/c1-3-20(24)22-18-10-8-17(9-11-18)19(23)14-26-21(25)12-7-16-6-4-5-15(2)13-16/h4-13H,3,14H2,1-2H3,(H,22,24)/b12-7+. The topological polar surface area (TPSA) is 72.5 Å². The molecule has 2 rings (SSSR count). The van der Waals surface area contributed by atoms with Crippen molar-refractivity contribution in [2.45, 2.75) is 20.3 Å². The van der Waals surface area contributed by atoms with E-state index in [4.69, 9.17) is 4.74 Å². The highest BCUT2D eigenvalue weighted by Gasteiger charge is 2.09. The summed E-state index contributed by atoms with van der Waals surface area (Å²) in [6.07, 6.45) is 3.32. The number of amides is 1. The largest absolute Gasteiger partial charge is 0.454 e. The Labute approximate surface area is 152 Å². The summed E-state index contributed by atoms with van der Waals surface area (Å²) >= 11 is 0. The first-order valence-corrected chi connectivity index (χ1v) is 8.32. The number of esters is 1. The Hall–Kier alpha value is -3.21. The number of Topliss-reactive ketones (excluding diaryl/α,β-unsaturated/α-hetero) is 1. The van der Waals surface area contributed by atoms with E-state index in [0.717, 1.165) is 11.1 Å². The highest BCUT2D eigenvalue weighted by Crippen LogP contribution is 2.11. The summed E-state index contributed by atoms with van der Waals surface area (Å²) in [5, 5.41) is 2.70. The van der Waals surface area contributed by atoms with Gasteiger partial charge in [0.2, 0.25) is 5.91 Å². The van der Waals surface area contributed by atoms with E-state index in [1.807, 2.05) is 31.2 Å². The Bertz CT molecular complexity index is 822. The Morgan fingerprint density at radius 3 is 2.46 bits per heavy atom. The maximum Gasteiger partial charge on any atom is 0.331 e. The van der Waals surface area contributed by atoms with Crippen LogP contribution in [0.3, 0.4) is 0 Å². The second-order valence-corrected chi connectivity index (χ2v) is 5.76. The minimum absolute atomic E-state index is 0.0987. The monoisotopic (exact) mass is 351 g/mol. The van der Waals surface area contributed by atoms with Gasteiger partial charge in [0, 0.05) is 23.7 Å². The first kappa shape index (κ1) is 19.1. The fraction of sp³-hybridized carbons (Fsp3) is 0.190. The molecule has 5 heteroatoms. The lowest BCUT2D eigenvalue weighted by atomic mass is 10.1. The van der Waals surface area contributed by atoms with E-state index in [1.54, 1.807) is 37.3 Å². The number of anilines is 1. The number of hydrogen-bond donors (Lipinski definition) is 1. The van der Waals surface area contributed by atoms with E-state index in [1.165, 1.54) is 6.08 Å². The molecule has 0 saturated heterocycles. The average molecular weight is 351 g/mol. The smallest absolute Gasteiger partial charge is 0.331 e. The highest BCUT2D eigenvalue weighted by molar-refractivity contribution is 5.99. The lowest BCUT2D eigenvalue weighted by Gasteiger charge is -2.05. The normalized spacial score (nSPS) is 10.5. The third-order valence-corrected chi connectivity index (χ3v) is 3.61. The summed E-state index contributed by atoms with van der Waals surface area (Å²) in [6.45, 7) is 3.39. The van der Waals surface area contributed by atoms with Gasteiger partial charge in [0.05, 0.1) is 0 Å². The fourth-order valence-corrected chi connectivity index (χ4v) is 2.20. The zero-order valence-electron chi connectivity index (χ0n) is 14.8. The summed E-state index contributed by atoms with van der Waals surface area (Å²) in [4.78, 5) is 35.1. The molecule has 0 atom stereocenters. The summed E-state index contributed by atoms with van der Waals surface area (Å²) in [5.74, 6) is -0.985. The average Bonchev–Trinajstić information content (AvgIpc) is 2.65. The van der Waals surface area contributed by atoms with Crippen LogP contribution in [-0.2, 0) is 14.3 Å². The highest BCUT2D eigenvalue weighted by atomic mass is 16.5. The molecule has 26 heavy (non-hydrogen) atoms. The molecule has 2 aromatic carbocycles. The molecule has 0 bridgehead atoms. The number of rotatable bonds is 7. The van der Waals surface area contributed by atoms with E-state index < -0.39 is 5.97 Å². The van der Waals surface area contributed by atoms with Crippen molar-refractivity contribution in [3.05, 3.63) is 71.3 Å². The lowest BCUT2D eigenvalue weighted by molar-refractivity contribution is -0.136. The van der Waals surface area contributed by atoms with Crippen molar-refractivity contribution in [2.75, 3.05) is 11.9 Å². The molecule has 5 nitrogen and oxygen atoms in total. The zero-order valence-corrected chi connectivity index (χ0v) is 14.8. The van der Waals surface area contributed by atoms with Gasteiger partial charge in [-0.3, -0.25) is 9.59 Å². The van der Waals surface area contributed by atoms with Gasteiger partial charge in [-0.05, 0) is 42.8 Å². The third-order valence-electron chi connectivity index (χ3n) is 3.61. The van der Waals surface area contributed by atoms with Crippen LogP contribution in [0, 0.1) is 6.92 Å². The molecule has 0 aliphatic rings. The first-order valence-electron chi connectivity index (χ1n) is 8.32. The van der Waals surface area contributed by atoms with Crippen LogP contribution in [0.2, 0.25) is 0 Å². The van der Waals surface area contributed by atoms with Crippen LogP contribution in [0.1, 0.15) is 34.8 Å². The second kappa shape index (κ2) is 9.32. The van der Waals surface area contributed by atoms with Crippen molar-refractivity contribution in [2.24, 2.45) is 0 Å². The Morgan fingerprint density at radius 2 is 1.81 bits per heavy atom. The van der Waals surface area contributed by atoms with Crippen molar-refractivity contribution in [3.8, 4) is 0 Å². The number of ketones is 1. The maximum atomic E-state index is 12.1. The molecule has 0 aromatic heterocycles. The van der Waals surface area contributed by atoms with Gasteiger partial charge in [-0.1, -0.05) is 36.8 Å². The molecule has 134 valence electrons. The molecule has 2 aromatic rings. The van der Waals surface area contributed by atoms with Gasteiger partial charge in [-0.25, -0.2) is 4.79 Å². The Balaban J connectivity index is 1.85. The zero-order chi connectivity index (χ0) is 18.9. The molecule has 0 unspecified atom stereocenters. The van der Waals surface area contributed by atoms with Crippen LogP contribution in [0.25, 0.3) is 6.08 Å². The number of carbonyl (C=O) groups excluding carboxylic acids is 3. The number of hydrogen-bond acceptors (Lipinski definition) is 4. The van der Waals surface area contributed by atoms with E-state index >= 15 is 0 Å². The molecule has 1 amide bonds. The van der Waals surface area contributed by atoms with Crippen LogP contribution in [0.5, 0.6) is 0 Å². The molecule has 0 aliphatic carbocycles. The number of benzene rings is 2. The summed E-state index contributed by atoms with van der Waals surface area (Å²) in [6, 6.07) is 14.1. The van der Waals surface area contributed by atoms with Crippen LogP contribution in [0.15, 0.2) is 54.6 Å². The molecule has 0 heterocycles. The van der Waals surface area contributed by atoms with E-state index in [2.05, 4.69) is 5.32 Å². The Kier molecular flexibility index (Phi) is 6.85. The molecule has 1 N–H and O–H groups in total. The summed E-state index contributed by atoms with van der Waals surface area (Å²) < 4.78 is 4.98. The van der Waals surface area contributed by atoms with E-state index in [0.29, 0.717) is 17.7 Å². The SMILES string of the molecule is CCC(=O)Nc1ccc(C(=O)COC(=O)/C=C/c2cccc(C)c2)cc1. The predicted octanol–water partition coefficient (Wildman–Crippen LogP) is 3.78. The van der Waals surface area contributed by atoms with Gasteiger partial charge in [0.15, 0.2) is 12.4 Å². The van der Waals surface area contributed by atoms with Crippen LogP contribution < -0.4 is 5.32 Å². The third kappa shape index (κ3) is 6.02. The first-order chi connectivity index (χ1) is 12.5. The molecule has 0 fully saturated rings. The minimum atomic E-state index is -0.577. The second-order valence-electron chi connectivity index (χ2n) is 5.76. The quantitative estimate of drug-likeness (QED) is 0.468. The van der Waals surface area contributed by atoms with Gasteiger partial charge < -0.3 is 10.1 Å². The number of ether oxygens (including phenoxy) is 1. The predicted molar refractivity (Wildman–Crippen MR) is 101 cm³/mol. The van der Waals surface area contributed by atoms with E-state index in [9.17, 15) is 14.4 Å². The molecule has 0 radical (unpaired) electrons. The van der Waals surface area contributed by atoms with Gasteiger partial charge in [-0.15, -0.1) is 0 Å². The van der Waals surface area contributed by atoms with Crippen molar-refractivity contribution >= 4 is 29.4 Å². The van der Waals surface area contributed by atoms with Gasteiger partial charge in [0.1, 0.15) is 0 Å². The van der Waals surface area contributed by atoms with Crippen molar-refractivity contribution in [1.82, 2.24) is 0 Å². The molecular weight excluding hydrogens is 330 g/mol. The van der Waals surface area contributed by atoms with E-state index in [-0.39, 0.29) is 18.3 Å². The van der Waals surface area contributed by atoms with Gasteiger partial charge in [0.25, 0.3) is 0 Å².